The fraction of sp³-hybridized carbons (Fsp3) is 0.650. The average molecular weight is 314 g/mol. The van der Waals surface area contributed by atoms with Crippen molar-refractivity contribution < 1.29 is 4.79 Å². The third-order valence-corrected chi connectivity index (χ3v) is 5.62. The van der Waals surface area contributed by atoms with Gasteiger partial charge in [-0.2, -0.15) is 0 Å². The van der Waals surface area contributed by atoms with Crippen LogP contribution < -0.4 is 0 Å². The van der Waals surface area contributed by atoms with E-state index in [-0.39, 0.29) is 0 Å². The maximum atomic E-state index is 12.7. The molecule has 2 aliphatic rings. The Balaban J connectivity index is 1.55. The lowest BCUT2D eigenvalue weighted by Gasteiger charge is -2.45. The lowest BCUT2D eigenvalue weighted by Crippen LogP contribution is -2.59. The topological polar surface area (TPSA) is 23.6 Å². The van der Waals surface area contributed by atoms with Crippen LogP contribution in [-0.4, -0.2) is 47.4 Å². The van der Waals surface area contributed by atoms with Crippen LogP contribution >= 0.6 is 0 Å². The van der Waals surface area contributed by atoms with Crippen LogP contribution in [0.5, 0.6) is 0 Å². The van der Waals surface area contributed by atoms with E-state index in [0.717, 1.165) is 38.9 Å². The Hall–Kier alpha value is -1.35. The molecule has 0 N–H and O–H groups in total. The standard InChI is InChI=1S/C20H30N2O/c1-16-14-21(20(23)19-10-6-7-11-19)15-17(2)22(16)13-12-18-8-4-3-5-9-18/h3-5,8-9,16-17,19H,6-7,10-15H2,1-2H3. The summed E-state index contributed by atoms with van der Waals surface area (Å²) in [5.41, 5.74) is 1.40. The maximum absolute atomic E-state index is 12.7. The van der Waals surface area contributed by atoms with Crippen molar-refractivity contribution in [2.45, 2.75) is 58.0 Å². The van der Waals surface area contributed by atoms with E-state index >= 15 is 0 Å². The van der Waals surface area contributed by atoms with Gasteiger partial charge >= 0.3 is 0 Å². The Morgan fingerprint density at radius 2 is 1.65 bits per heavy atom. The van der Waals surface area contributed by atoms with Gasteiger partial charge in [-0.3, -0.25) is 9.69 Å². The molecule has 1 aromatic carbocycles. The first-order valence-corrected chi connectivity index (χ1v) is 9.23. The molecule has 1 aliphatic heterocycles. The molecule has 2 fully saturated rings. The summed E-state index contributed by atoms with van der Waals surface area (Å²) in [4.78, 5) is 17.4. The number of hydrogen-bond acceptors (Lipinski definition) is 2. The van der Waals surface area contributed by atoms with Crippen molar-refractivity contribution in [3.05, 3.63) is 35.9 Å². The molecule has 2 unspecified atom stereocenters. The highest BCUT2D eigenvalue weighted by atomic mass is 16.2. The number of carbonyl (C=O) groups excluding carboxylic acids is 1. The maximum Gasteiger partial charge on any atom is 0.225 e. The van der Waals surface area contributed by atoms with Crippen LogP contribution in [0.15, 0.2) is 30.3 Å². The van der Waals surface area contributed by atoms with Gasteiger partial charge in [-0.1, -0.05) is 43.2 Å². The molecular weight excluding hydrogens is 284 g/mol. The molecule has 23 heavy (non-hydrogen) atoms. The number of carbonyl (C=O) groups is 1. The highest BCUT2D eigenvalue weighted by molar-refractivity contribution is 5.79. The van der Waals surface area contributed by atoms with Gasteiger partial charge in [0.25, 0.3) is 0 Å². The van der Waals surface area contributed by atoms with Crippen LogP contribution in [0.2, 0.25) is 0 Å². The van der Waals surface area contributed by atoms with Gasteiger partial charge < -0.3 is 4.90 Å². The molecule has 1 amide bonds. The third-order valence-electron chi connectivity index (χ3n) is 5.62. The summed E-state index contributed by atoms with van der Waals surface area (Å²) in [7, 11) is 0. The van der Waals surface area contributed by atoms with E-state index in [9.17, 15) is 4.79 Å². The van der Waals surface area contributed by atoms with Crippen LogP contribution in [0.1, 0.15) is 45.1 Å². The largest absolute Gasteiger partial charge is 0.339 e. The van der Waals surface area contributed by atoms with Crippen LogP contribution in [0, 0.1) is 5.92 Å². The van der Waals surface area contributed by atoms with Crippen LogP contribution in [0.3, 0.4) is 0 Å². The normalized spacial score (nSPS) is 26.6. The van der Waals surface area contributed by atoms with Gasteiger partial charge in [0.2, 0.25) is 5.91 Å². The Morgan fingerprint density at radius 1 is 1.04 bits per heavy atom. The van der Waals surface area contributed by atoms with Gasteiger partial charge in [-0.15, -0.1) is 0 Å². The predicted molar refractivity (Wildman–Crippen MR) is 94.3 cm³/mol. The van der Waals surface area contributed by atoms with Gasteiger partial charge in [0, 0.05) is 37.6 Å². The summed E-state index contributed by atoms with van der Waals surface area (Å²) in [6.45, 7) is 7.42. The zero-order chi connectivity index (χ0) is 16.2. The molecule has 2 atom stereocenters. The minimum atomic E-state index is 0.310. The Morgan fingerprint density at radius 3 is 2.26 bits per heavy atom. The summed E-state index contributed by atoms with van der Waals surface area (Å²) >= 11 is 0. The number of piperazine rings is 1. The summed E-state index contributed by atoms with van der Waals surface area (Å²) < 4.78 is 0. The first-order chi connectivity index (χ1) is 11.1. The zero-order valence-electron chi connectivity index (χ0n) is 14.6. The van der Waals surface area contributed by atoms with Crippen molar-refractivity contribution in [2.24, 2.45) is 5.92 Å². The van der Waals surface area contributed by atoms with Crippen molar-refractivity contribution in [1.82, 2.24) is 9.80 Å². The van der Waals surface area contributed by atoms with Crippen molar-refractivity contribution in [2.75, 3.05) is 19.6 Å². The molecule has 0 bridgehead atoms. The molecule has 0 spiro atoms. The van der Waals surface area contributed by atoms with E-state index in [2.05, 4.69) is 54.0 Å². The van der Waals surface area contributed by atoms with Crippen molar-refractivity contribution in [3.63, 3.8) is 0 Å². The fourth-order valence-electron chi connectivity index (χ4n) is 4.31. The number of rotatable bonds is 4. The summed E-state index contributed by atoms with van der Waals surface area (Å²) in [6.07, 6.45) is 5.77. The highest BCUT2D eigenvalue weighted by Gasteiger charge is 2.34. The van der Waals surface area contributed by atoms with E-state index in [4.69, 9.17) is 0 Å². The molecule has 1 aromatic rings. The first-order valence-electron chi connectivity index (χ1n) is 9.23. The molecule has 126 valence electrons. The van der Waals surface area contributed by atoms with Crippen molar-refractivity contribution in [3.8, 4) is 0 Å². The predicted octanol–water partition coefficient (Wildman–Crippen LogP) is 3.34. The second-order valence-corrected chi connectivity index (χ2v) is 7.40. The number of hydrogen-bond donors (Lipinski definition) is 0. The highest BCUT2D eigenvalue weighted by Crippen LogP contribution is 2.28. The van der Waals surface area contributed by atoms with E-state index < -0.39 is 0 Å². The molecule has 3 rings (SSSR count). The third kappa shape index (κ3) is 3.95. The number of benzene rings is 1. The average Bonchev–Trinajstić information content (AvgIpc) is 3.08. The Kier molecular flexibility index (Phi) is 5.37. The zero-order valence-corrected chi connectivity index (χ0v) is 14.6. The Labute approximate surface area is 140 Å². The van der Waals surface area contributed by atoms with Crippen molar-refractivity contribution in [1.29, 1.82) is 0 Å². The van der Waals surface area contributed by atoms with E-state index in [1.807, 2.05) is 0 Å². The van der Waals surface area contributed by atoms with Crippen LogP contribution in [0.4, 0.5) is 0 Å². The summed E-state index contributed by atoms with van der Waals surface area (Å²) in [6, 6.07) is 11.6. The van der Waals surface area contributed by atoms with Gasteiger partial charge in [0.15, 0.2) is 0 Å². The Bertz CT molecular complexity index is 498. The van der Waals surface area contributed by atoms with Gasteiger partial charge in [-0.25, -0.2) is 0 Å². The van der Waals surface area contributed by atoms with Crippen LogP contribution in [0.25, 0.3) is 0 Å². The van der Waals surface area contributed by atoms with E-state index in [0.29, 0.717) is 23.9 Å². The lowest BCUT2D eigenvalue weighted by molar-refractivity contribution is -0.139. The molecule has 1 saturated heterocycles. The molecule has 1 heterocycles. The van der Waals surface area contributed by atoms with Gasteiger partial charge in [-0.05, 0) is 38.7 Å². The van der Waals surface area contributed by atoms with E-state index in [1.54, 1.807) is 0 Å². The molecule has 1 aliphatic carbocycles. The SMILES string of the molecule is CC1CN(C(=O)C2CCCC2)CC(C)N1CCc1ccccc1. The molecule has 0 radical (unpaired) electrons. The van der Waals surface area contributed by atoms with Crippen LogP contribution in [-0.2, 0) is 11.2 Å². The number of nitrogens with zero attached hydrogens (tertiary/aromatic N) is 2. The molecule has 3 heteroatoms. The molecule has 0 aromatic heterocycles. The molecule has 1 saturated carbocycles. The molecule has 3 nitrogen and oxygen atoms in total. The first kappa shape index (κ1) is 16.5. The lowest BCUT2D eigenvalue weighted by atomic mass is 10.0. The second kappa shape index (κ2) is 7.48. The minimum absolute atomic E-state index is 0.310. The fourth-order valence-corrected chi connectivity index (χ4v) is 4.31. The monoisotopic (exact) mass is 314 g/mol. The smallest absolute Gasteiger partial charge is 0.225 e. The second-order valence-electron chi connectivity index (χ2n) is 7.40. The summed E-state index contributed by atoms with van der Waals surface area (Å²) in [5, 5.41) is 0. The summed E-state index contributed by atoms with van der Waals surface area (Å²) in [5.74, 6) is 0.731. The molecular formula is C20H30N2O. The van der Waals surface area contributed by atoms with Gasteiger partial charge in [0.05, 0.1) is 0 Å². The van der Waals surface area contributed by atoms with E-state index in [1.165, 1.54) is 18.4 Å². The van der Waals surface area contributed by atoms with Crippen molar-refractivity contribution >= 4 is 5.91 Å². The van der Waals surface area contributed by atoms with Gasteiger partial charge in [0.1, 0.15) is 0 Å². The minimum Gasteiger partial charge on any atom is -0.339 e. The number of amides is 1. The quantitative estimate of drug-likeness (QED) is 0.851.